The minimum atomic E-state index is -1.13. The second-order valence-electron chi connectivity index (χ2n) is 8.00. The third-order valence-corrected chi connectivity index (χ3v) is 5.42. The molecule has 0 bridgehead atoms. The minimum Gasteiger partial charge on any atom is -0.461 e. The molecular weight excluding hydrogens is 376 g/mol. The highest BCUT2D eigenvalue weighted by Gasteiger charge is 2.47. The molecule has 1 N–H and O–H groups in total. The molecule has 160 valence electrons. The Morgan fingerprint density at radius 1 is 1.41 bits per heavy atom. The zero-order valence-electron chi connectivity index (χ0n) is 17.5. The number of rotatable bonds is 4. The average Bonchev–Trinajstić information content (AvgIpc) is 2.91. The van der Waals surface area contributed by atoms with Crippen LogP contribution in [0.3, 0.4) is 0 Å². The molecule has 0 aromatic heterocycles. The summed E-state index contributed by atoms with van der Waals surface area (Å²) >= 11 is 0. The van der Waals surface area contributed by atoms with E-state index in [9.17, 15) is 19.5 Å². The first kappa shape index (κ1) is 22.9. The smallest absolute Gasteiger partial charge is 0.334 e. The topological polar surface area (TPSA) is 99.1 Å². The predicted molar refractivity (Wildman–Crippen MR) is 106 cm³/mol. The van der Waals surface area contributed by atoms with E-state index in [1.54, 1.807) is 26.8 Å². The van der Waals surface area contributed by atoms with E-state index in [-0.39, 0.29) is 18.6 Å². The quantitative estimate of drug-likeness (QED) is 0.332. The summed E-state index contributed by atoms with van der Waals surface area (Å²) in [6, 6.07) is 0. The highest BCUT2D eigenvalue weighted by Crippen LogP contribution is 2.39. The monoisotopic (exact) mass is 406 g/mol. The van der Waals surface area contributed by atoms with E-state index in [0.29, 0.717) is 24.8 Å². The fourth-order valence-electron chi connectivity index (χ4n) is 3.65. The number of aliphatic hydroxyl groups is 1. The Morgan fingerprint density at radius 3 is 2.72 bits per heavy atom. The predicted octanol–water partition coefficient (Wildman–Crippen LogP) is 2.78. The standard InChI is InChI=1S/C22H30O7/c1-6-13(2)20(24)29-18-11-22(5,26)9-7-8-16(12-27-15(4)23)10-17-19(18)14(3)21(25)28-17/h6,8,17-19,26H,3,7,9-12H2,1-2,4-5H3/b13-6-,16-8+/t17-,18-,19+,22+/m1/s1. The Kier molecular flexibility index (Phi) is 7.41. The number of hydrogen-bond acceptors (Lipinski definition) is 7. The number of ether oxygens (including phenoxy) is 3. The van der Waals surface area contributed by atoms with Crippen molar-refractivity contribution in [2.75, 3.05) is 6.61 Å². The lowest BCUT2D eigenvalue weighted by atomic mass is 9.80. The van der Waals surface area contributed by atoms with E-state index in [1.165, 1.54) is 6.92 Å². The summed E-state index contributed by atoms with van der Waals surface area (Å²) in [4.78, 5) is 35.9. The first-order valence-electron chi connectivity index (χ1n) is 9.81. The van der Waals surface area contributed by atoms with Gasteiger partial charge in [0.25, 0.3) is 0 Å². The van der Waals surface area contributed by atoms with Gasteiger partial charge in [0, 0.05) is 30.9 Å². The van der Waals surface area contributed by atoms with Crippen LogP contribution in [0.15, 0.2) is 35.5 Å². The molecular formula is C22H30O7. The van der Waals surface area contributed by atoms with Gasteiger partial charge in [-0.25, -0.2) is 9.59 Å². The average molecular weight is 406 g/mol. The molecule has 1 saturated heterocycles. The van der Waals surface area contributed by atoms with E-state index in [1.807, 2.05) is 6.08 Å². The summed E-state index contributed by atoms with van der Waals surface area (Å²) in [6.07, 6.45) is 3.61. The number of allylic oxidation sites excluding steroid dienone is 2. The van der Waals surface area contributed by atoms with Gasteiger partial charge >= 0.3 is 17.9 Å². The van der Waals surface area contributed by atoms with Gasteiger partial charge in [0.1, 0.15) is 18.8 Å². The van der Waals surface area contributed by atoms with Gasteiger partial charge in [-0.3, -0.25) is 4.79 Å². The number of carbonyl (C=O) groups is 3. The Hall–Kier alpha value is -2.41. The van der Waals surface area contributed by atoms with Crippen LogP contribution < -0.4 is 0 Å². The molecule has 29 heavy (non-hydrogen) atoms. The maximum atomic E-state index is 12.4. The van der Waals surface area contributed by atoms with Crippen LogP contribution in [0, 0.1) is 5.92 Å². The maximum absolute atomic E-state index is 12.4. The van der Waals surface area contributed by atoms with Gasteiger partial charge in [-0.05, 0) is 39.2 Å². The lowest BCUT2D eigenvalue weighted by Crippen LogP contribution is -2.41. The summed E-state index contributed by atoms with van der Waals surface area (Å²) in [6.45, 7) is 10.3. The van der Waals surface area contributed by atoms with Crippen molar-refractivity contribution in [1.82, 2.24) is 0 Å². The van der Waals surface area contributed by atoms with E-state index in [4.69, 9.17) is 14.2 Å². The first-order chi connectivity index (χ1) is 13.5. The van der Waals surface area contributed by atoms with E-state index in [2.05, 4.69) is 6.58 Å². The van der Waals surface area contributed by atoms with Gasteiger partial charge in [0.2, 0.25) is 0 Å². The Bertz CT molecular complexity index is 744. The zero-order valence-corrected chi connectivity index (χ0v) is 17.5. The summed E-state index contributed by atoms with van der Waals surface area (Å²) in [5.74, 6) is -2.06. The molecule has 0 unspecified atom stereocenters. The van der Waals surface area contributed by atoms with Crippen molar-refractivity contribution >= 4 is 17.9 Å². The molecule has 2 rings (SSSR count). The van der Waals surface area contributed by atoms with Gasteiger partial charge < -0.3 is 19.3 Å². The molecule has 2 aliphatic rings. The summed E-state index contributed by atoms with van der Waals surface area (Å²) in [5, 5.41) is 10.9. The number of carbonyl (C=O) groups excluding carboxylic acids is 3. The molecule has 4 atom stereocenters. The van der Waals surface area contributed by atoms with Crippen molar-refractivity contribution in [2.45, 2.75) is 71.2 Å². The van der Waals surface area contributed by atoms with Crippen molar-refractivity contribution in [3.05, 3.63) is 35.5 Å². The lowest BCUT2D eigenvalue weighted by Gasteiger charge is -2.34. The van der Waals surface area contributed by atoms with Gasteiger partial charge in [-0.15, -0.1) is 0 Å². The van der Waals surface area contributed by atoms with Gasteiger partial charge in [0.05, 0.1) is 11.5 Å². The third kappa shape index (κ3) is 6.03. The van der Waals surface area contributed by atoms with Crippen LogP contribution in [-0.2, 0) is 28.6 Å². The largest absolute Gasteiger partial charge is 0.461 e. The highest BCUT2D eigenvalue weighted by molar-refractivity contribution is 5.91. The van der Waals surface area contributed by atoms with E-state index in [0.717, 1.165) is 5.57 Å². The van der Waals surface area contributed by atoms with Crippen molar-refractivity contribution < 1.29 is 33.7 Å². The molecule has 1 heterocycles. The van der Waals surface area contributed by atoms with Crippen LogP contribution in [-0.4, -0.2) is 47.4 Å². The molecule has 0 spiro atoms. The first-order valence-corrected chi connectivity index (χ1v) is 9.81. The van der Waals surface area contributed by atoms with Crippen molar-refractivity contribution in [3.63, 3.8) is 0 Å². The molecule has 1 aliphatic carbocycles. The zero-order chi connectivity index (χ0) is 21.8. The van der Waals surface area contributed by atoms with Crippen LogP contribution in [0.1, 0.15) is 53.4 Å². The fraction of sp³-hybridized carbons (Fsp3) is 0.591. The molecule has 0 aromatic rings. The molecule has 7 heteroatoms. The molecule has 0 aromatic carbocycles. The molecule has 1 fully saturated rings. The summed E-state index contributed by atoms with van der Waals surface area (Å²) in [7, 11) is 0. The van der Waals surface area contributed by atoms with E-state index >= 15 is 0 Å². The number of fused-ring (bicyclic) bond motifs is 1. The van der Waals surface area contributed by atoms with Gasteiger partial charge in [-0.1, -0.05) is 18.7 Å². The van der Waals surface area contributed by atoms with Crippen LogP contribution >= 0.6 is 0 Å². The minimum absolute atomic E-state index is 0.0762. The Morgan fingerprint density at radius 2 is 2.10 bits per heavy atom. The summed E-state index contributed by atoms with van der Waals surface area (Å²) in [5.41, 5.74) is 0.301. The van der Waals surface area contributed by atoms with Crippen LogP contribution in [0.25, 0.3) is 0 Å². The van der Waals surface area contributed by atoms with Crippen molar-refractivity contribution in [2.24, 2.45) is 5.92 Å². The molecule has 1 aliphatic heterocycles. The Balaban J connectivity index is 2.38. The second-order valence-corrected chi connectivity index (χ2v) is 8.00. The number of hydrogen-bond donors (Lipinski definition) is 1. The Labute approximate surface area is 171 Å². The fourth-order valence-corrected chi connectivity index (χ4v) is 3.65. The maximum Gasteiger partial charge on any atom is 0.334 e. The van der Waals surface area contributed by atoms with Gasteiger partial charge in [0.15, 0.2) is 0 Å². The van der Waals surface area contributed by atoms with Gasteiger partial charge in [-0.2, -0.15) is 0 Å². The second kappa shape index (κ2) is 9.39. The molecule has 7 nitrogen and oxygen atoms in total. The van der Waals surface area contributed by atoms with Crippen molar-refractivity contribution in [1.29, 1.82) is 0 Å². The van der Waals surface area contributed by atoms with Crippen LogP contribution in [0.5, 0.6) is 0 Å². The van der Waals surface area contributed by atoms with Crippen LogP contribution in [0.2, 0.25) is 0 Å². The summed E-state index contributed by atoms with van der Waals surface area (Å²) < 4.78 is 16.3. The molecule has 0 radical (unpaired) electrons. The van der Waals surface area contributed by atoms with E-state index < -0.39 is 41.6 Å². The SMILES string of the molecule is C=C1C(=O)O[C@@H]2C/C(COC(C)=O)=C\CC[C@](C)(O)C[C@@H](OC(=O)/C(C)=C\C)[C@@H]12. The highest BCUT2D eigenvalue weighted by atomic mass is 16.6. The molecule has 0 amide bonds. The normalized spacial score (nSPS) is 32.5. The number of esters is 3. The molecule has 0 saturated carbocycles. The van der Waals surface area contributed by atoms with Crippen LogP contribution in [0.4, 0.5) is 0 Å². The lowest BCUT2D eigenvalue weighted by molar-refractivity contribution is -0.152. The van der Waals surface area contributed by atoms with Crippen molar-refractivity contribution in [3.8, 4) is 0 Å². The third-order valence-electron chi connectivity index (χ3n) is 5.42.